The third kappa shape index (κ3) is 12.7. The van der Waals surface area contributed by atoms with Crippen LogP contribution in [0.1, 0.15) is 44.6 Å². The molecule has 1 aromatic heterocycles. The minimum Gasteiger partial charge on any atom is -0.357 e. The zero-order chi connectivity index (χ0) is 16.0. The monoisotopic (exact) mass is 452 g/mol. The van der Waals surface area contributed by atoms with Crippen LogP contribution in [0.5, 0.6) is 0 Å². The summed E-state index contributed by atoms with van der Waals surface area (Å²) in [7, 11) is 4.28. The van der Waals surface area contributed by atoms with Gasteiger partial charge in [0.05, 0.1) is 6.54 Å². The van der Waals surface area contributed by atoms with Crippen molar-refractivity contribution in [3.63, 3.8) is 0 Å². The van der Waals surface area contributed by atoms with Crippen LogP contribution in [0.4, 0.5) is 0 Å². The molecule has 134 valence electrons. The average molecular weight is 452 g/mol. The molecule has 0 fully saturated rings. The first kappa shape index (κ1) is 22.7. The van der Waals surface area contributed by atoms with Gasteiger partial charge in [-0.1, -0.05) is 19.3 Å². The molecule has 0 radical (unpaired) electrons. The highest BCUT2D eigenvalue weighted by atomic mass is 127. The second kappa shape index (κ2) is 15.2. The van der Waals surface area contributed by atoms with Crippen molar-refractivity contribution in [2.45, 2.75) is 45.6 Å². The van der Waals surface area contributed by atoms with Crippen LogP contribution >= 0.6 is 35.3 Å². The van der Waals surface area contributed by atoms with E-state index in [0.29, 0.717) is 0 Å². The number of nitrogens with zero attached hydrogens (tertiary/aromatic N) is 2. The van der Waals surface area contributed by atoms with Gasteiger partial charge in [0.1, 0.15) is 0 Å². The normalized spacial score (nSPS) is 11.4. The fourth-order valence-electron chi connectivity index (χ4n) is 2.18. The molecular weight excluding hydrogens is 419 g/mol. The largest absolute Gasteiger partial charge is 0.357 e. The number of unbranched alkanes of at least 4 members (excludes halogenated alkanes) is 4. The van der Waals surface area contributed by atoms with Crippen molar-refractivity contribution in [1.29, 1.82) is 0 Å². The van der Waals surface area contributed by atoms with Gasteiger partial charge in [-0.25, -0.2) is 4.99 Å². The van der Waals surface area contributed by atoms with E-state index in [2.05, 4.69) is 58.4 Å². The molecule has 2 N–H and O–H groups in total. The maximum absolute atomic E-state index is 4.62. The van der Waals surface area contributed by atoms with Crippen LogP contribution in [-0.2, 0) is 6.54 Å². The van der Waals surface area contributed by atoms with E-state index in [0.717, 1.165) is 25.6 Å². The van der Waals surface area contributed by atoms with Crippen molar-refractivity contribution in [3.05, 3.63) is 22.4 Å². The molecular formula is C17H33IN4S. The Balaban J connectivity index is 0.00000484. The molecule has 1 aromatic rings. The standard InChI is InChI=1S/C17H32N4S.HI/c1-4-18-17(20-14-16-10-13-22-15-16)19-11-8-6-5-7-9-12-21(2)3;/h10,13,15H,4-9,11-12,14H2,1-3H3,(H2,18,19,20);1H. The Bertz CT molecular complexity index is 393. The number of rotatable bonds is 11. The quantitative estimate of drug-likeness (QED) is 0.231. The fraction of sp³-hybridized carbons (Fsp3) is 0.706. The lowest BCUT2D eigenvalue weighted by molar-refractivity contribution is 0.389. The molecule has 0 aliphatic heterocycles. The van der Waals surface area contributed by atoms with Crippen LogP contribution in [0, 0.1) is 0 Å². The molecule has 23 heavy (non-hydrogen) atoms. The number of nitrogens with one attached hydrogen (secondary N) is 2. The highest BCUT2D eigenvalue weighted by molar-refractivity contribution is 14.0. The number of hydrogen-bond donors (Lipinski definition) is 2. The van der Waals surface area contributed by atoms with Gasteiger partial charge >= 0.3 is 0 Å². The second-order valence-electron chi connectivity index (χ2n) is 5.82. The van der Waals surface area contributed by atoms with E-state index < -0.39 is 0 Å². The van der Waals surface area contributed by atoms with Gasteiger partial charge in [-0.2, -0.15) is 11.3 Å². The molecule has 0 atom stereocenters. The third-order valence-corrected chi connectivity index (χ3v) is 4.15. The molecule has 0 spiro atoms. The molecule has 6 heteroatoms. The van der Waals surface area contributed by atoms with Gasteiger partial charge in [-0.15, -0.1) is 24.0 Å². The molecule has 0 amide bonds. The number of halogens is 1. The minimum atomic E-state index is 0. The molecule has 0 aromatic carbocycles. The van der Waals surface area contributed by atoms with Gasteiger partial charge in [-0.05, 0) is 62.8 Å². The van der Waals surface area contributed by atoms with Crippen molar-refractivity contribution in [1.82, 2.24) is 15.5 Å². The van der Waals surface area contributed by atoms with Crippen LogP contribution < -0.4 is 10.6 Å². The predicted molar refractivity (Wildman–Crippen MR) is 114 cm³/mol. The molecule has 0 saturated heterocycles. The summed E-state index contributed by atoms with van der Waals surface area (Å²) in [4.78, 5) is 6.88. The highest BCUT2D eigenvalue weighted by Crippen LogP contribution is 2.07. The summed E-state index contributed by atoms with van der Waals surface area (Å²) in [5, 5.41) is 11.0. The van der Waals surface area contributed by atoms with E-state index in [1.165, 1.54) is 44.2 Å². The minimum absolute atomic E-state index is 0. The summed E-state index contributed by atoms with van der Waals surface area (Å²) in [5.41, 5.74) is 1.28. The maximum atomic E-state index is 4.62. The molecule has 1 rings (SSSR count). The van der Waals surface area contributed by atoms with E-state index in [-0.39, 0.29) is 24.0 Å². The molecule has 4 nitrogen and oxygen atoms in total. The maximum Gasteiger partial charge on any atom is 0.191 e. The van der Waals surface area contributed by atoms with Crippen molar-refractivity contribution < 1.29 is 0 Å². The third-order valence-electron chi connectivity index (χ3n) is 3.42. The Labute approximate surface area is 163 Å². The Kier molecular flexibility index (Phi) is 15.0. The van der Waals surface area contributed by atoms with Gasteiger partial charge in [0.25, 0.3) is 0 Å². The van der Waals surface area contributed by atoms with E-state index in [1.54, 1.807) is 11.3 Å². The Morgan fingerprint density at radius 1 is 1.13 bits per heavy atom. The predicted octanol–water partition coefficient (Wildman–Crippen LogP) is 3.93. The summed E-state index contributed by atoms with van der Waals surface area (Å²) in [6, 6.07) is 2.13. The average Bonchev–Trinajstić information content (AvgIpc) is 3.00. The lowest BCUT2D eigenvalue weighted by Gasteiger charge is -2.11. The number of hydrogen-bond acceptors (Lipinski definition) is 3. The molecule has 0 bridgehead atoms. The number of thiophene rings is 1. The zero-order valence-electron chi connectivity index (χ0n) is 14.8. The summed E-state index contributed by atoms with van der Waals surface area (Å²) < 4.78 is 0. The fourth-order valence-corrected chi connectivity index (χ4v) is 2.84. The van der Waals surface area contributed by atoms with E-state index in [4.69, 9.17) is 0 Å². The SMILES string of the molecule is CCNC(=NCc1ccsc1)NCCCCCCCN(C)C.I. The second-order valence-corrected chi connectivity index (χ2v) is 6.60. The lowest BCUT2D eigenvalue weighted by Crippen LogP contribution is -2.37. The number of aliphatic imine (C=N–C) groups is 1. The first-order chi connectivity index (χ1) is 10.7. The van der Waals surface area contributed by atoms with Gasteiger partial charge in [-0.3, -0.25) is 0 Å². The van der Waals surface area contributed by atoms with Crippen LogP contribution in [0.3, 0.4) is 0 Å². The molecule has 0 unspecified atom stereocenters. The first-order valence-corrected chi connectivity index (χ1v) is 9.34. The first-order valence-electron chi connectivity index (χ1n) is 8.40. The molecule has 0 aliphatic rings. The number of guanidine groups is 1. The van der Waals surface area contributed by atoms with Gasteiger partial charge in [0.2, 0.25) is 0 Å². The molecule has 0 aliphatic carbocycles. The van der Waals surface area contributed by atoms with Gasteiger partial charge < -0.3 is 15.5 Å². The molecule has 1 heterocycles. The van der Waals surface area contributed by atoms with Crippen LogP contribution in [0.15, 0.2) is 21.8 Å². The zero-order valence-corrected chi connectivity index (χ0v) is 18.0. The highest BCUT2D eigenvalue weighted by Gasteiger charge is 1.98. The van der Waals surface area contributed by atoms with Crippen molar-refractivity contribution in [3.8, 4) is 0 Å². The Morgan fingerprint density at radius 2 is 1.87 bits per heavy atom. The smallest absolute Gasteiger partial charge is 0.191 e. The van der Waals surface area contributed by atoms with E-state index >= 15 is 0 Å². The Hall–Kier alpha value is -0.340. The van der Waals surface area contributed by atoms with Crippen LogP contribution in [0.25, 0.3) is 0 Å². The topological polar surface area (TPSA) is 39.7 Å². The van der Waals surface area contributed by atoms with E-state index in [9.17, 15) is 0 Å². The summed E-state index contributed by atoms with van der Waals surface area (Å²) in [6.07, 6.45) is 6.49. The van der Waals surface area contributed by atoms with Crippen molar-refractivity contribution in [2.75, 3.05) is 33.7 Å². The van der Waals surface area contributed by atoms with Gasteiger partial charge in [0, 0.05) is 13.1 Å². The Morgan fingerprint density at radius 3 is 2.52 bits per heavy atom. The van der Waals surface area contributed by atoms with Crippen molar-refractivity contribution >= 4 is 41.3 Å². The summed E-state index contributed by atoms with van der Waals surface area (Å²) in [5.74, 6) is 0.932. The molecule has 0 saturated carbocycles. The van der Waals surface area contributed by atoms with Crippen LogP contribution in [0.2, 0.25) is 0 Å². The van der Waals surface area contributed by atoms with E-state index in [1.807, 2.05) is 0 Å². The lowest BCUT2D eigenvalue weighted by atomic mass is 10.1. The van der Waals surface area contributed by atoms with Crippen LogP contribution in [-0.4, -0.2) is 44.6 Å². The van der Waals surface area contributed by atoms with Gasteiger partial charge in [0.15, 0.2) is 5.96 Å². The summed E-state index contributed by atoms with van der Waals surface area (Å²) in [6.45, 7) is 5.97. The summed E-state index contributed by atoms with van der Waals surface area (Å²) >= 11 is 1.72. The van der Waals surface area contributed by atoms with Crippen molar-refractivity contribution in [2.24, 2.45) is 4.99 Å².